The number of fused-ring (bicyclic) bond motifs is 2. The van der Waals surface area contributed by atoms with Crippen molar-refractivity contribution in [3.63, 3.8) is 0 Å². The summed E-state index contributed by atoms with van der Waals surface area (Å²) in [6.45, 7) is 1.82. The van der Waals surface area contributed by atoms with Crippen LogP contribution in [0.25, 0.3) is 38.8 Å². The van der Waals surface area contributed by atoms with E-state index in [0.29, 0.717) is 40.8 Å². The molecule has 5 aromatic rings. The van der Waals surface area contributed by atoms with Gasteiger partial charge in [-0.25, -0.2) is 14.6 Å². The van der Waals surface area contributed by atoms with E-state index in [1.165, 1.54) is 6.33 Å². The first-order valence-electron chi connectivity index (χ1n) is 10.8. The van der Waals surface area contributed by atoms with Gasteiger partial charge in [-0.3, -0.25) is 9.36 Å². The van der Waals surface area contributed by atoms with Gasteiger partial charge in [0.2, 0.25) is 0 Å². The molecule has 1 fully saturated rings. The second-order valence-corrected chi connectivity index (χ2v) is 8.94. The summed E-state index contributed by atoms with van der Waals surface area (Å²) >= 11 is 0. The normalized spacial score (nSPS) is 20.2. The van der Waals surface area contributed by atoms with E-state index in [2.05, 4.69) is 9.97 Å². The molecule has 6 rings (SSSR count). The number of anilines is 1. The number of rotatable bonds is 3. The van der Waals surface area contributed by atoms with Crippen LogP contribution in [0.2, 0.25) is 0 Å². The van der Waals surface area contributed by atoms with Crippen molar-refractivity contribution in [1.82, 2.24) is 24.3 Å². The first-order chi connectivity index (χ1) is 15.9. The minimum atomic E-state index is -0.701. The first kappa shape index (κ1) is 19.6. The van der Waals surface area contributed by atoms with Gasteiger partial charge in [0.25, 0.3) is 5.56 Å². The summed E-state index contributed by atoms with van der Waals surface area (Å²) in [5.74, 6) is 0.335. The molecule has 8 heteroatoms. The molecule has 3 heterocycles. The van der Waals surface area contributed by atoms with Crippen LogP contribution in [0, 0.1) is 0 Å². The van der Waals surface area contributed by atoms with Gasteiger partial charge in [0.15, 0.2) is 5.65 Å². The van der Waals surface area contributed by atoms with E-state index >= 15 is 0 Å². The third kappa shape index (κ3) is 3.10. The van der Waals surface area contributed by atoms with Crippen molar-refractivity contribution in [3.8, 4) is 16.9 Å². The number of aliphatic hydroxyl groups is 1. The number of nitrogens with two attached hydrogens (primary N) is 1. The molecule has 1 saturated carbocycles. The maximum absolute atomic E-state index is 13.3. The number of pyridine rings is 1. The van der Waals surface area contributed by atoms with E-state index in [-0.39, 0.29) is 11.6 Å². The van der Waals surface area contributed by atoms with Crippen LogP contribution in [0.15, 0.2) is 71.9 Å². The van der Waals surface area contributed by atoms with E-state index in [4.69, 9.17) is 10.8 Å². The number of nitrogens with zero attached hydrogens (tertiary/aromatic N) is 5. The van der Waals surface area contributed by atoms with Crippen LogP contribution in [-0.2, 0) is 0 Å². The number of aromatic nitrogens is 5. The topological polar surface area (TPSA) is 112 Å². The average molecular weight is 438 g/mol. The molecule has 0 radical (unpaired) electrons. The highest BCUT2D eigenvalue weighted by atomic mass is 16.3. The largest absolute Gasteiger partial charge is 0.390 e. The number of hydrogen-bond donors (Lipinski definition) is 2. The Hall–Kier alpha value is -4.04. The van der Waals surface area contributed by atoms with Crippen LogP contribution in [-0.4, -0.2) is 35.0 Å². The fraction of sp³-hybridized carbons (Fsp3) is 0.200. The monoisotopic (exact) mass is 438 g/mol. The third-order valence-electron chi connectivity index (χ3n) is 6.43. The van der Waals surface area contributed by atoms with Crippen molar-refractivity contribution < 1.29 is 5.11 Å². The molecule has 0 bridgehead atoms. The number of nitrogen functional groups attached to an aromatic ring is 1. The molecule has 0 unspecified atom stereocenters. The van der Waals surface area contributed by atoms with E-state index in [9.17, 15) is 9.90 Å². The molecule has 2 aromatic carbocycles. The van der Waals surface area contributed by atoms with Crippen LogP contribution < -0.4 is 11.3 Å². The van der Waals surface area contributed by atoms with Crippen LogP contribution in [0.5, 0.6) is 0 Å². The Morgan fingerprint density at radius 1 is 1.09 bits per heavy atom. The molecule has 0 atom stereocenters. The highest BCUT2D eigenvalue weighted by Crippen LogP contribution is 2.43. The molecule has 0 amide bonds. The standard InChI is InChI=1S/C25H22N6O2/c1-25(33)12-18(13-25)31-23-20(22(26)27-14-28-23)21(29-31)16-8-7-15-9-10-30(24(32)19(15)11-16)17-5-3-2-4-6-17/h2-11,14,18,33H,12-13H2,1H3,(H2,26,27,28). The van der Waals surface area contributed by atoms with Gasteiger partial charge in [0, 0.05) is 22.8 Å². The Labute approximate surface area is 188 Å². The molecular formula is C25H22N6O2. The van der Waals surface area contributed by atoms with Crippen molar-refractivity contribution in [1.29, 1.82) is 0 Å². The molecule has 3 aromatic heterocycles. The summed E-state index contributed by atoms with van der Waals surface area (Å²) in [6.07, 6.45) is 4.40. The Bertz CT molecular complexity index is 1580. The van der Waals surface area contributed by atoms with Crippen LogP contribution in [0.3, 0.4) is 0 Å². The zero-order valence-electron chi connectivity index (χ0n) is 18.0. The molecule has 164 valence electrons. The van der Waals surface area contributed by atoms with Gasteiger partial charge in [-0.1, -0.05) is 30.3 Å². The van der Waals surface area contributed by atoms with Crippen molar-refractivity contribution in [3.05, 3.63) is 77.5 Å². The molecular weight excluding hydrogens is 416 g/mol. The lowest BCUT2D eigenvalue weighted by molar-refractivity contribution is -0.0531. The molecule has 0 saturated heterocycles. The van der Waals surface area contributed by atoms with Gasteiger partial charge < -0.3 is 10.8 Å². The maximum Gasteiger partial charge on any atom is 0.262 e. The van der Waals surface area contributed by atoms with E-state index < -0.39 is 5.60 Å². The molecule has 0 spiro atoms. The van der Waals surface area contributed by atoms with Gasteiger partial charge in [0.05, 0.1) is 17.0 Å². The highest BCUT2D eigenvalue weighted by molar-refractivity contribution is 6.00. The van der Waals surface area contributed by atoms with E-state index in [0.717, 1.165) is 16.6 Å². The quantitative estimate of drug-likeness (QED) is 0.446. The predicted octanol–water partition coefficient (Wildman–Crippen LogP) is 3.47. The number of hydrogen-bond acceptors (Lipinski definition) is 6. The molecule has 0 aliphatic heterocycles. The summed E-state index contributed by atoms with van der Waals surface area (Å²) < 4.78 is 3.47. The van der Waals surface area contributed by atoms with E-state index in [1.54, 1.807) is 10.8 Å². The Morgan fingerprint density at radius 2 is 1.88 bits per heavy atom. The van der Waals surface area contributed by atoms with Gasteiger partial charge in [-0.2, -0.15) is 5.10 Å². The lowest BCUT2D eigenvalue weighted by atomic mass is 9.77. The lowest BCUT2D eigenvalue weighted by Gasteiger charge is -2.40. The minimum Gasteiger partial charge on any atom is -0.390 e. The van der Waals surface area contributed by atoms with Crippen LogP contribution >= 0.6 is 0 Å². The molecule has 1 aliphatic rings. The summed E-state index contributed by atoms with van der Waals surface area (Å²) in [7, 11) is 0. The zero-order valence-corrected chi connectivity index (χ0v) is 18.0. The molecule has 33 heavy (non-hydrogen) atoms. The summed E-state index contributed by atoms with van der Waals surface area (Å²) in [5.41, 5.74) is 8.27. The zero-order chi connectivity index (χ0) is 22.7. The summed E-state index contributed by atoms with van der Waals surface area (Å²) in [5, 5.41) is 17.2. The van der Waals surface area contributed by atoms with Crippen molar-refractivity contribution in [2.75, 3.05) is 5.73 Å². The first-order valence-corrected chi connectivity index (χ1v) is 10.8. The SMILES string of the molecule is CC1(O)CC(n2nc(-c3ccc4ccn(-c5ccccc5)c(=O)c4c3)c3c(N)ncnc32)C1. The molecule has 8 nitrogen and oxygen atoms in total. The molecule has 1 aliphatic carbocycles. The Kier molecular flexibility index (Phi) is 4.15. The van der Waals surface area contributed by atoms with Crippen molar-refractivity contribution >= 4 is 27.6 Å². The van der Waals surface area contributed by atoms with Gasteiger partial charge in [-0.15, -0.1) is 0 Å². The van der Waals surface area contributed by atoms with Crippen molar-refractivity contribution in [2.45, 2.75) is 31.4 Å². The van der Waals surface area contributed by atoms with Crippen LogP contribution in [0.1, 0.15) is 25.8 Å². The predicted molar refractivity (Wildman–Crippen MR) is 127 cm³/mol. The lowest BCUT2D eigenvalue weighted by Crippen LogP contribution is -2.42. The second-order valence-electron chi connectivity index (χ2n) is 8.94. The fourth-order valence-corrected chi connectivity index (χ4v) is 4.76. The summed E-state index contributed by atoms with van der Waals surface area (Å²) in [6, 6.07) is 17.2. The number of para-hydroxylation sites is 1. The van der Waals surface area contributed by atoms with Crippen LogP contribution in [0.4, 0.5) is 5.82 Å². The Morgan fingerprint density at radius 3 is 2.64 bits per heavy atom. The van der Waals surface area contributed by atoms with Gasteiger partial charge >= 0.3 is 0 Å². The highest BCUT2D eigenvalue weighted by Gasteiger charge is 2.41. The average Bonchev–Trinajstić information content (AvgIpc) is 3.19. The number of benzene rings is 2. The Balaban J connectivity index is 1.54. The maximum atomic E-state index is 13.3. The summed E-state index contributed by atoms with van der Waals surface area (Å²) in [4.78, 5) is 21.9. The smallest absolute Gasteiger partial charge is 0.262 e. The second kappa shape index (κ2) is 6.98. The fourth-order valence-electron chi connectivity index (χ4n) is 4.76. The van der Waals surface area contributed by atoms with Crippen molar-refractivity contribution in [2.24, 2.45) is 0 Å². The van der Waals surface area contributed by atoms with Gasteiger partial charge in [-0.05, 0) is 49.4 Å². The molecule has 3 N–H and O–H groups in total. The minimum absolute atomic E-state index is 0.0290. The van der Waals surface area contributed by atoms with E-state index in [1.807, 2.05) is 66.2 Å². The third-order valence-corrected chi connectivity index (χ3v) is 6.43. The van der Waals surface area contributed by atoms with Gasteiger partial charge in [0.1, 0.15) is 17.8 Å².